The quantitative estimate of drug-likeness (QED) is 0.851. The number of carboxylic acid groups (broad SMARTS) is 1. The molecule has 2 aromatic heterocycles. The molecule has 0 aromatic carbocycles. The number of aliphatic carboxylic acids is 1. The van der Waals surface area contributed by atoms with E-state index in [1.807, 2.05) is 0 Å². The van der Waals surface area contributed by atoms with Crippen molar-refractivity contribution >= 4 is 28.6 Å². The molecule has 1 amide bonds. The Morgan fingerprint density at radius 2 is 2.17 bits per heavy atom. The first-order valence-corrected chi connectivity index (χ1v) is 7.48. The van der Waals surface area contributed by atoms with Crippen LogP contribution in [0.4, 0.5) is 4.39 Å². The number of hydrogen-bond donors (Lipinski definition) is 1. The zero-order valence-electron chi connectivity index (χ0n) is 13.0. The van der Waals surface area contributed by atoms with Crippen molar-refractivity contribution in [3.8, 4) is 0 Å². The van der Waals surface area contributed by atoms with Gasteiger partial charge in [0.15, 0.2) is 5.78 Å². The lowest BCUT2D eigenvalue weighted by atomic mass is 10.1. The fourth-order valence-electron chi connectivity index (χ4n) is 3.08. The van der Waals surface area contributed by atoms with E-state index < -0.39 is 24.1 Å². The minimum atomic E-state index is -1.34. The van der Waals surface area contributed by atoms with E-state index in [4.69, 9.17) is 5.11 Å². The summed E-state index contributed by atoms with van der Waals surface area (Å²) < 4.78 is 15.1. The molecule has 1 fully saturated rings. The number of fused-ring (bicyclic) bond motifs is 1. The lowest BCUT2D eigenvalue weighted by Crippen LogP contribution is -2.42. The average Bonchev–Trinajstić information content (AvgIpc) is 3.09. The van der Waals surface area contributed by atoms with Gasteiger partial charge in [-0.05, 0) is 13.0 Å². The van der Waals surface area contributed by atoms with E-state index in [9.17, 15) is 18.8 Å². The molecule has 7 nitrogen and oxygen atoms in total. The van der Waals surface area contributed by atoms with E-state index in [0.29, 0.717) is 16.5 Å². The molecular weight excluding hydrogens is 317 g/mol. The average molecular weight is 333 g/mol. The second-order valence-corrected chi connectivity index (χ2v) is 5.85. The fraction of sp³-hybridized carbons (Fsp3) is 0.375. The molecule has 8 heteroatoms. The van der Waals surface area contributed by atoms with E-state index in [2.05, 4.69) is 4.98 Å². The summed E-state index contributed by atoms with van der Waals surface area (Å²) in [5.41, 5.74) is 1.05. The van der Waals surface area contributed by atoms with Crippen molar-refractivity contribution in [2.24, 2.45) is 0 Å². The monoisotopic (exact) mass is 333 g/mol. The summed E-state index contributed by atoms with van der Waals surface area (Å²) in [7, 11) is 0. The van der Waals surface area contributed by atoms with E-state index in [1.165, 1.54) is 13.1 Å². The smallest absolute Gasteiger partial charge is 0.326 e. The molecule has 3 rings (SSSR count). The van der Waals surface area contributed by atoms with Gasteiger partial charge in [0.05, 0.1) is 18.3 Å². The van der Waals surface area contributed by atoms with E-state index in [0.717, 1.165) is 4.90 Å². The number of carbonyl (C=O) groups is 3. The summed E-state index contributed by atoms with van der Waals surface area (Å²) in [5, 5.41) is 9.81. The summed E-state index contributed by atoms with van der Waals surface area (Å²) >= 11 is 0. The van der Waals surface area contributed by atoms with Crippen molar-refractivity contribution in [1.82, 2.24) is 14.5 Å². The molecule has 0 aliphatic carbocycles. The predicted molar refractivity (Wildman–Crippen MR) is 82.4 cm³/mol. The maximum Gasteiger partial charge on any atom is 0.326 e. The molecule has 1 aliphatic rings. The zero-order chi connectivity index (χ0) is 17.4. The van der Waals surface area contributed by atoms with Crippen LogP contribution in [-0.2, 0) is 16.1 Å². The van der Waals surface area contributed by atoms with Crippen LogP contribution in [0.1, 0.15) is 23.7 Å². The van der Waals surface area contributed by atoms with Crippen LogP contribution in [0.5, 0.6) is 0 Å². The fourth-order valence-corrected chi connectivity index (χ4v) is 3.08. The summed E-state index contributed by atoms with van der Waals surface area (Å²) in [5.74, 6) is -1.86. The van der Waals surface area contributed by atoms with E-state index in [1.54, 1.807) is 23.0 Å². The van der Waals surface area contributed by atoms with Crippen molar-refractivity contribution in [2.45, 2.75) is 32.1 Å². The van der Waals surface area contributed by atoms with Crippen LogP contribution in [0.3, 0.4) is 0 Å². The molecule has 1 N–H and O–H groups in total. The number of alkyl halides is 1. The summed E-state index contributed by atoms with van der Waals surface area (Å²) in [6.07, 6.45) is 3.09. The zero-order valence-corrected chi connectivity index (χ0v) is 13.0. The van der Waals surface area contributed by atoms with Gasteiger partial charge in [0.25, 0.3) is 0 Å². The molecule has 0 saturated carbocycles. The van der Waals surface area contributed by atoms with Crippen LogP contribution in [0.25, 0.3) is 10.9 Å². The molecule has 3 heterocycles. The number of carboxylic acids is 1. The number of pyridine rings is 1. The minimum Gasteiger partial charge on any atom is -0.480 e. The first-order valence-electron chi connectivity index (χ1n) is 7.48. The van der Waals surface area contributed by atoms with Gasteiger partial charge in [0.1, 0.15) is 18.8 Å². The maximum absolute atomic E-state index is 13.5. The Hall–Kier alpha value is -2.77. The van der Waals surface area contributed by atoms with E-state index in [-0.39, 0.29) is 25.3 Å². The van der Waals surface area contributed by atoms with Crippen LogP contribution in [0, 0.1) is 0 Å². The Morgan fingerprint density at radius 1 is 1.42 bits per heavy atom. The van der Waals surface area contributed by atoms with Gasteiger partial charge in [-0.2, -0.15) is 0 Å². The van der Waals surface area contributed by atoms with Crippen molar-refractivity contribution in [1.29, 1.82) is 0 Å². The largest absolute Gasteiger partial charge is 0.480 e. The SMILES string of the molecule is CC(=O)c1cn(CC(=O)N2C[C@H](F)C[C@H]2C(=O)O)c2cnccc12. The van der Waals surface area contributed by atoms with Crippen LogP contribution in [0.2, 0.25) is 0 Å². The number of halogens is 1. The number of amides is 1. The molecular formula is C16H16FN3O4. The van der Waals surface area contributed by atoms with E-state index >= 15 is 0 Å². The van der Waals surface area contributed by atoms with Crippen molar-refractivity contribution in [3.63, 3.8) is 0 Å². The lowest BCUT2D eigenvalue weighted by Gasteiger charge is -2.21. The topological polar surface area (TPSA) is 92.5 Å². The third-order valence-corrected chi connectivity index (χ3v) is 4.22. The second kappa shape index (κ2) is 6.03. The molecule has 2 atom stereocenters. The van der Waals surface area contributed by atoms with Gasteiger partial charge < -0.3 is 14.6 Å². The van der Waals surface area contributed by atoms with Crippen molar-refractivity contribution in [3.05, 3.63) is 30.2 Å². The lowest BCUT2D eigenvalue weighted by molar-refractivity contribution is -0.148. The molecule has 126 valence electrons. The number of carbonyl (C=O) groups excluding carboxylic acids is 2. The molecule has 0 spiro atoms. The van der Waals surface area contributed by atoms with Crippen LogP contribution in [0.15, 0.2) is 24.7 Å². The highest BCUT2D eigenvalue weighted by Crippen LogP contribution is 2.24. The second-order valence-electron chi connectivity index (χ2n) is 5.85. The van der Waals surface area contributed by atoms with Gasteiger partial charge in [-0.1, -0.05) is 0 Å². The van der Waals surface area contributed by atoms with Gasteiger partial charge in [-0.3, -0.25) is 14.6 Å². The Balaban J connectivity index is 1.91. The number of Topliss-reactive ketones (excluding diaryl/α,β-unsaturated/α-hetero) is 1. The predicted octanol–water partition coefficient (Wildman–Crippen LogP) is 1.26. The van der Waals surface area contributed by atoms with Crippen molar-refractivity contribution in [2.75, 3.05) is 6.54 Å². The van der Waals surface area contributed by atoms with Crippen LogP contribution >= 0.6 is 0 Å². The Kier molecular flexibility index (Phi) is 4.04. The van der Waals surface area contributed by atoms with Gasteiger partial charge in [0, 0.05) is 29.8 Å². The standard InChI is InChI=1S/C16H16FN3O4/c1-9(21)12-7-19(14-5-18-3-2-11(12)14)8-15(22)20-6-10(17)4-13(20)16(23)24/h2-3,5,7,10,13H,4,6,8H2,1H3,(H,23,24)/t10-,13+/m1/s1. The molecule has 0 bridgehead atoms. The summed E-state index contributed by atoms with van der Waals surface area (Å²) in [6, 6.07) is 0.528. The Morgan fingerprint density at radius 3 is 2.83 bits per heavy atom. The highest BCUT2D eigenvalue weighted by Gasteiger charge is 2.39. The number of likely N-dealkylation sites (tertiary alicyclic amines) is 1. The third kappa shape index (κ3) is 2.75. The maximum atomic E-state index is 13.5. The van der Waals surface area contributed by atoms with Gasteiger partial charge in [0.2, 0.25) is 5.91 Å². The number of aromatic nitrogens is 2. The number of rotatable bonds is 4. The van der Waals surface area contributed by atoms with Crippen LogP contribution < -0.4 is 0 Å². The molecule has 0 unspecified atom stereocenters. The van der Waals surface area contributed by atoms with Gasteiger partial charge in [-0.15, -0.1) is 0 Å². The van der Waals surface area contributed by atoms with Gasteiger partial charge in [-0.25, -0.2) is 9.18 Å². The summed E-state index contributed by atoms with van der Waals surface area (Å²) in [6.45, 7) is 1.02. The third-order valence-electron chi connectivity index (χ3n) is 4.22. The van der Waals surface area contributed by atoms with Crippen LogP contribution in [-0.4, -0.2) is 56.0 Å². The number of nitrogens with zero attached hydrogens (tertiary/aromatic N) is 3. The molecule has 1 aliphatic heterocycles. The normalized spacial score (nSPS) is 20.5. The summed E-state index contributed by atoms with van der Waals surface area (Å²) in [4.78, 5) is 40.4. The highest BCUT2D eigenvalue weighted by atomic mass is 19.1. The first-order chi connectivity index (χ1) is 11.4. The first kappa shape index (κ1) is 16.1. The molecule has 0 radical (unpaired) electrons. The number of ketones is 1. The number of hydrogen-bond acceptors (Lipinski definition) is 4. The Bertz CT molecular complexity index is 832. The Labute approximate surface area is 136 Å². The molecule has 2 aromatic rings. The molecule has 24 heavy (non-hydrogen) atoms. The molecule has 1 saturated heterocycles. The van der Waals surface area contributed by atoms with Gasteiger partial charge >= 0.3 is 5.97 Å². The minimum absolute atomic E-state index is 0.147. The highest BCUT2D eigenvalue weighted by molar-refractivity contribution is 6.07. The van der Waals surface area contributed by atoms with Crippen molar-refractivity contribution < 1.29 is 23.9 Å².